The molecule has 0 saturated heterocycles. The van der Waals surface area contributed by atoms with Crippen LogP contribution in [0.5, 0.6) is 0 Å². The third-order valence-corrected chi connectivity index (χ3v) is 5.31. The van der Waals surface area contributed by atoms with E-state index < -0.39 is 0 Å². The van der Waals surface area contributed by atoms with Gasteiger partial charge < -0.3 is 0 Å². The van der Waals surface area contributed by atoms with Crippen molar-refractivity contribution >= 4 is 32.1 Å². The van der Waals surface area contributed by atoms with E-state index in [9.17, 15) is 0 Å². The molecular formula is C14H20N2S2. The number of hydrogen-bond acceptors (Lipinski definition) is 4. The lowest BCUT2D eigenvalue weighted by molar-refractivity contribution is 0.490. The molecule has 0 fully saturated rings. The van der Waals surface area contributed by atoms with Crippen molar-refractivity contribution in [3.63, 3.8) is 0 Å². The van der Waals surface area contributed by atoms with Crippen LogP contribution >= 0.6 is 22.7 Å². The van der Waals surface area contributed by atoms with Crippen molar-refractivity contribution in [2.45, 2.75) is 38.1 Å². The Bertz CT molecular complexity index is 458. The Hall–Kier alpha value is -0.680. The second kappa shape index (κ2) is 7.04. The molecule has 0 aromatic carbocycles. The van der Waals surface area contributed by atoms with Crippen LogP contribution in [0, 0.1) is 0 Å². The van der Waals surface area contributed by atoms with Crippen LogP contribution in [-0.2, 0) is 0 Å². The maximum Gasteiger partial charge on any atom is 0.0554 e. The summed E-state index contributed by atoms with van der Waals surface area (Å²) in [7, 11) is 0. The van der Waals surface area contributed by atoms with Gasteiger partial charge in [0.25, 0.3) is 0 Å². The summed E-state index contributed by atoms with van der Waals surface area (Å²) in [6.45, 7) is 3.75. The van der Waals surface area contributed by atoms with Crippen LogP contribution in [0.1, 0.15) is 43.0 Å². The van der Waals surface area contributed by atoms with Gasteiger partial charge in [0.2, 0.25) is 0 Å². The molecular weight excluding hydrogens is 260 g/mol. The molecule has 2 aromatic rings. The van der Waals surface area contributed by atoms with E-state index in [1.165, 1.54) is 33.5 Å². The second-order valence-electron chi connectivity index (χ2n) is 4.44. The van der Waals surface area contributed by atoms with E-state index in [-0.39, 0.29) is 0 Å². The van der Waals surface area contributed by atoms with E-state index in [1.54, 1.807) is 11.3 Å². The molecule has 1 unspecified atom stereocenters. The Kier molecular flexibility index (Phi) is 5.38. The Morgan fingerprint density at radius 3 is 2.94 bits per heavy atom. The molecule has 4 heteroatoms. The molecule has 0 aliphatic heterocycles. The van der Waals surface area contributed by atoms with E-state index in [1.807, 2.05) is 17.4 Å². The first-order valence-corrected chi connectivity index (χ1v) is 8.08. The van der Waals surface area contributed by atoms with Gasteiger partial charge in [-0.3, -0.25) is 11.3 Å². The van der Waals surface area contributed by atoms with Gasteiger partial charge in [-0.15, -0.1) is 29.3 Å². The zero-order valence-corrected chi connectivity index (χ0v) is 12.2. The lowest BCUT2D eigenvalue weighted by Crippen LogP contribution is -2.27. The third-order valence-electron chi connectivity index (χ3n) is 3.10. The van der Waals surface area contributed by atoms with Crippen LogP contribution in [0.4, 0.5) is 0 Å². The molecule has 0 radical (unpaired) electrons. The van der Waals surface area contributed by atoms with Crippen molar-refractivity contribution in [3.05, 3.63) is 35.0 Å². The minimum atomic E-state index is 0.304. The molecule has 0 amide bonds. The largest absolute Gasteiger partial charge is 0.271 e. The molecule has 3 N–H and O–H groups in total. The fourth-order valence-corrected chi connectivity index (χ4v) is 4.29. The summed E-state index contributed by atoms with van der Waals surface area (Å²) in [6.07, 6.45) is 7.93. The van der Waals surface area contributed by atoms with Crippen molar-refractivity contribution in [1.82, 2.24) is 5.43 Å². The number of allylic oxidation sites excluding steroid dienone is 1. The summed E-state index contributed by atoms with van der Waals surface area (Å²) < 4.78 is 2.75. The Balaban J connectivity index is 1.88. The van der Waals surface area contributed by atoms with Crippen LogP contribution in [0.3, 0.4) is 0 Å². The van der Waals surface area contributed by atoms with E-state index in [2.05, 4.69) is 29.5 Å². The van der Waals surface area contributed by atoms with E-state index >= 15 is 0 Å². The van der Waals surface area contributed by atoms with Gasteiger partial charge in [-0.1, -0.05) is 18.9 Å². The normalized spacial score (nSPS) is 12.9. The first-order valence-electron chi connectivity index (χ1n) is 6.39. The van der Waals surface area contributed by atoms with Crippen LogP contribution in [-0.4, -0.2) is 0 Å². The second-order valence-corrected chi connectivity index (χ2v) is 6.51. The number of thiophene rings is 2. The van der Waals surface area contributed by atoms with Crippen LogP contribution in [0.25, 0.3) is 9.40 Å². The van der Waals surface area contributed by atoms with Gasteiger partial charge in [-0.25, -0.2) is 0 Å². The lowest BCUT2D eigenvalue weighted by atomic mass is 10.1. The number of hydrogen-bond donors (Lipinski definition) is 2. The topological polar surface area (TPSA) is 38.0 Å². The Morgan fingerprint density at radius 2 is 2.22 bits per heavy atom. The molecule has 18 heavy (non-hydrogen) atoms. The summed E-state index contributed by atoms with van der Waals surface area (Å²) >= 11 is 3.66. The zero-order chi connectivity index (χ0) is 12.8. The van der Waals surface area contributed by atoms with E-state index in [0.717, 1.165) is 12.8 Å². The van der Waals surface area contributed by atoms with Gasteiger partial charge in [0.15, 0.2) is 0 Å². The van der Waals surface area contributed by atoms with Gasteiger partial charge in [0.05, 0.1) is 6.04 Å². The molecule has 0 bridgehead atoms. The Labute approximate surface area is 116 Å². The molecule has 2 aromatic heterocycles. The summed E-state index contributed by atoms with van der Waals surface area (Å²) in [5.74, 6) is 5.68. The fraction of sp³-hybridized carbons (Fsp3) is 0.429. The van der Waals surface area contributed by atoms with E-state index in [0.29, 0.717) is 6.04 Å². The van der Waals surface area contributed by atoms with Crippen LogP contribution in [0.2, 0.25) is 0 Å². The third kappa shape index (κ3) is 3.42. The molecule has 98 valence electrons. The molecule has 0 aliphatic carbocycles. The molecule has 2 nitrogen and oxygen atoms in total. The monoisotopic (exact) mass is 280 g/mol. The quantitative estimate of drug-likeness (QED) is 0.321. The molecule has 2 rings (SSSR count). The zero-order valence-electron chi connectivity index (χ0n) is 10.5. The number of rotatable bonds is 8. The number of unbranched alkanes of at least 4 members (excludes halogenated alkanes) is 3. The average molecular weight is 280 g/mol. The highest BCUT2D eigenvalue weighted by Crippen LogP contribution is 2.34. The average Bonchev–Trinajstić information content (AvgIpc) is 2.94. The van der Waals surface area contributed by atoms with E-state index in [4.69, 9.17) is 5.84 Å². The molecule has 2 heterocycles. The predicted molar refractivity (Wildman–Crippen MR) is 83.0 cm³/mol. The van der Waals surface area contributed by atoms with Crippen LogP contribution in [0.15, 0.2) is 30.2 Å². The van der Waals surface area contributed by atoms with Crippen molar-refractivity contribution in [2.75, 3.05) is 0 Å². The Morgan fingerprint density at radius 1 is 1.33 bits per heavy atom. The van der Waals surface area contributed by atoms with Gasteiger partial charge in [-0.05, 0) is 36.8 Å². The standard InChI is InChI=1S/C14H20N2S2/c1-2-3-4-5-6-7-11(16-15)13-10-14-12(18-13)8-9-17-14/h2,8-11,16H,1,3-7,15H2. The van der Waals surface area contributed by atoms with Gasteiger partial charge in [0, 0.05) is 14.3 Å². The molecule has 1 atom stereocenters. The van der Waals surface area contributed by atoms with Gasteiger partial charge >= 0.3 is 0 Å². The van der Waals surface area contributed by atoms with Crippen molar-refractivity contribution in [3.8, 4) is 0 Å². The first-order chi connectivity index (χ1) is 8.85. The highest BCUT2D eigenvalue weighted by atomic mass is 32.1. The molecule has 0 saturated carbocycles. The number of nitrogens with one attached hydrogen (secondary N) is 1. The maximum atomic E-state index is 5.68. The summed E-state index contributed by atoms with van der Waals surface area (Å²) in [4.78, 5) is 1.36. The highest BCUT2D eigenvalue weighted by Gasteiger charge is 2.13. The smallest absolute Gasteiger partial charge is 0.0554 e. The molecule has 0 aliphatic rings. The van der Waals surface area contributed by atoms with Crippen molar-refractivity contribution in [1.29, 1.82) is 0 Å². The van der Waals surface area contributed by atoms with Gasteiger partial charge in [0.1, 0.15) is 0 Å². The minimum Gasteiger partial charge on any atom is -0.271 e. The maximum absolute atomic E-state index is 5.68. The number of nitrogens with two attached hydrogens (primary N) is 1. The lowest BCUT2D eigenvalue weighted by Gasteiger charge is -2.13. The SMILES string of the molecule is C=CCCCCCC(NN)c1cc2sccc2s1. The van der Waals surface area contributed by atoms with Crippen molar-refractivity contribution in [2.24, 2.45) is 5.84 Å². The van der Waals surface area contributed by atoms with Gasteiger partial charge in [-0.2, -0.15) is 0 Å². The predicted octanol–water partition coefficient (Wildman–Crippen LogP) is 4.60. The van der Waals surface area contributed by atoms with Crippen LogP contribution < -0.4 is 11.3 Å². The number of hydrazine groups is 1. The summed E-state index contributed by atoms with van der Waals surface area (Å²) in [6, 6.07) is 4.77. The molecule has 0 spiro atoms. The summed E-state index contributed by atoms with van der Waals surface area (Å²) in [5.41, 5.74) is 2.95. The number of fused-ring (bicyclic) bond motifs is 1. The first kappa shape index (κ1) is 13.7. The summed E-state index contributed by atoms with van der Waals surface area (Å²) in [5, 5.41) is 2.14. The van der Waals surface area contributed by atoms with Crippen molar-refractivity contribution < 1.29 is 0 Å². The highest BCUT2D eigenvalue weighted by molar-refractivity contribution is 7.26. The fourth-order valence-electron chi connectivity index (χ4n) is 2.08. The minimum absolute atomic E-state index is 0.304.